The zero-order valence-corrected chi connectivity index (χ0v) is 38.5. The van der Waals surface area contributed by atoms with E-state index in [1.165, 1.54) is 15.3 Å². The maximum absolute atomic E-state index is 13.3. The van der Waals surface area contributed by atoms with E-state index in [0.717, 1.165) is 51.6 Å². The molecule has 2 aliphatic rings. The number of aromatic nitrogens is 8. The standard InChI is InChI=1S/C44H48N10O12S/c1-22-29(8-10-41(55)56)35-19-36-30(9-11-42(57)64-15-13-52-28(7)46-21-40(52)54(60)61)23(2)32(48-36)17-37-43(26(5)63-14-12-51-27(6)45-20-39(51)53(58)59)24(3)33(49-37)18-38-44(67-66-65-62)25(4)34(50-38)16-31(22)47-35/h16-21,26,47,49,62H,8-15H2,1-7H3,(H,55,56). The maximum atomic E-state index is 13.3. The molecular formula is C44H48N10O12S. The van der Waals surface area contributed by atoms with Crippen molar-refractivity contribution in [1.82, 2.24) is 39.0 Å². The Morgan fingerprint density at radius 1 is 0.761 bits per heavy atom. The molecule has 0 amide bonds. The van der Waals surface area contributed by atoms with Crippen LogP contribution in [0, 0.1) is 47.9 Å². The summed E-state index contributed by atoms with van der Waals surface area (Å²) in [6.07, 6.45) is 2.01. The minimum Gasteiger partial charge on any atom is -0.481 e. The number of hydrogen-bond acceptors (Lipinski definition) is 16. The summed E-state index contributed by atoms with van der Waals surface area (Å²) in [6, 6.07) is 7.40. The Labute approximate surface area is 386 Å². The highest BCUT2D eigenvalue weighted by Gasteiger charge is 2.25. The lowest BCUT2D eigenvalue weighted by Crippen LogP contribution is -2.13. The summed E-state index contributed by atoms with van der Waals surface area (Å²) in [5, 5.41) is 46.0. The van der Waals surface area contributed by atoms with E-state index in [2.05, 4.69) is 25.0 Å². The van der Waals surface area contributed by atoms with Gasteiger partial charge in [0.25, 0.3) is 0 Å². The van der Waals surface area contributed by atoms with Gasteiger partial charge < -0.3 is 44.8 Å². The number of nitro groups is 2. The van der Waals surface area contributed by atoms with Crippen molar-refractivity contribution in [1.29, 1.82) is 0 Å². The first-order valence-electron chi connectivity index (χ1n) is 21.1. The molecule has 8 bridgehead atoms. The van der Waals surface area contributed by atoms with E-state index in [1.54, 1.807) is 13.8 Å². The van der Waals surface area contributed by atoms with Gasteiger partial charge in [-0.25, -0.2) is 34.3 Å². The number of aryl methyl sites for hydroxylation is 5. The lowest BCUT2D eigenvalue weighted by atomic mass is 10.00. The fourth-order valence-corrected chi connectivity index (χ4v) is 8.88. The third kappa shape index (κ3) is 10.2. The Hall–Kier alpha value is -7.05. The minimum atomic E-state index is -0.972. The van der Waals surface area contributed by atoms with Crippen molar-refractivity contribution in [2.75, 3.05) is 13.2 Å². The summed E-state index contributed by atoms with van der Waals surface area (Å²) < 4.78 is 19.7. The largest absolute Gasteiger partial charge is 0.481 e. The number of carbonyl (C=O) groups is 2. The number of rotatable bonds is 19. The highest BCUT2D eigenvalue weighted by atomic mass is 32.2. The summed E-state index contributed by atoms with van der Waals surface area (Å²) in [4.78, 5) is 73.0. The summed E-state index contributed by atoms with van der Waals surface area (Å²) >= 11 is 0.774. The molecule has 5 aromatic rings. The molecule has 5 aromatic heterocycles. The first-order valence-corrected chi connectivity index (χ1v) is 21.8. The second-order valence-corrected chi connectivity index (χ2v) is 16.7. The average molecular weight is 941 g/mol. The van der Waals surface area contributed by atoms with Crippen LogP contribution in [0.1, 0.15) is 103 Å². The van der Waals surface area contributed by atoms with Crippen LogP contribution in [0.4, 0.5) is 11.6 Å². The Morgan fingerprint density at radius 3 is 1.97 bits per heavy atom. The van der Waals surface area contributed by atoms with Crippen LogP contribution in [0.5, 0.6) is 0 Å². The van der Waals surface area contributed by atoms with Crippen molar-refractivity contribution >= 4 is 79.3 Å². The number of carbonyl (C=O) groups excluding carboxylic acids is 1. The highest BCUT2D eigenvalue weighted by molar-refractivity contribution is 8.04. The number of nitrogens with one attached hydrogen (secondary N) is 2. The summed E-state index contributed by atoms with van der Waals surface area (Å²) in [6.45, 7) is 12.9. The topological polar surface area (TPSA) is 291 Å². The molecule has 7 heterocycles. The fourth-order valence-electron chi connectivity index (χ4n) is 8.36. The van der Waals surface area contributed by atoms with Gasteiger partial charge in [0.1, 0.15) is 32.1 Å². The third-order valence-corrected chi connectivity index (χ3v) is 12.8. The van der Waals surface area contributed by atoms with E-state index in [1.807, 2.05) is 58.9 Å². The lowest BCUT2D eigenvalue weighted by Gasteiger charge is -2.14. The van der Waals surface area contributed by atoms with Gasteiger partial charge in [0.15, 0.2) is 11.6 Å². The molecule has 1 atom stereocenters. The van der Waals surface area contributed by atoms with Gasteiger partial charge in [0, 0.05) is 54.3 Å². The second kappa shape index (κ2) is 20.2. The molecule has 1 unspecified atom stereocenters. The Kier molecular flexibility index (Phi) is 14.5. The van der Waals surface area contributed by atoms with Crippen LogP contribution in [0.3, 0.4) is 0 Å². The number of fused-ring (bicyclic) bond motifs is 8. The number of aliphatic carboxylic acids is 1. The van der Waals surface area contributed by atoms with Crippen LogP contribution in [-0.2, 0) is 47.9 Å². The number of esters is 1. The molecular weight excluding hydrogens is 893 g/mol. The van der Waals surface area contributed by atoms with Gasteiger partial charge >= 0.3 is 23.6 Å². The molecule has 22 nitrogen and oxygen atoms in total. The van der Waals surface area contributed by atoms with E-state index in [4.69, 9.17) is 29.0 Å². The second-order valence-electron chi connectivity index (χ2n) is 15.9. The van der Waals surface area contributed by atoms with Crippen LogP contribution in [0.15, 0.2) is 36.7 Å². The predicted octanol–water partition coefficient (Wildman–Crippen LogP) is 8.46. The highest BCUT2D eigenvalue weighted by Crippen LogP contribution is 2.41. The number of allylic oxidation sites excluding steroid dienone is 3. The fraction of sp³-hybridized carbons (Fsp3) is 0.364. The molecule has 0 fully saturated rings. The molecule has 4 N–H and O–H groups in total. The zero-order valence-electron chi connectivity index (χ0n) is 37.7. The van der Waals surface area contributed by atoms with E-state index < -0.39 is 27.9 Å². The SMILES string of the molecule is CC1=C(CCC(=O)OCCn2c([N+](=O)[O-])cnc2C)c2cc3[nH]c(cc4nc(cc5[nH]c(cc1n2)c(C(C)OCCn1c([N+](=O)[O-])cnc1C)c5C)C(SOOO)=C4C)c(C)c3CCC(=O)O. The molecule has 0 spiro atoms. The van der Waals surface area contributed by atoms with E-state index >= 15 is 0 Å². The normalized spacial score (nSPS) is 13.1. The van der Waals surface area contributed by atoms with Gasteiger partial charge in [0.05, 0.1) is 52.4 Å². The van der Waals surface area contributed by atoms with Gasteiger partial charge in [-0.15, -0.1) is 4.33 Å². The van der Waals surface area contributed by atoms with Crippen LogP contribution < -0.4 is 0 Å². The Morgan fingerprint density at radius 2 is 1.33 bits per heavy atom. The molecule has 0 aromatic carbocycles. The van der Waals surface area contributed by atoms with Gasteiger partial charge in [-0.05, 0) is 115 Å². The molecule has 0 saturated heterocycles. The van der Waals surface area contributed by atoms with Crippen LogP contribution in [0.2, 0.25) is 0 Å². The first-order chi connectivity index (χ1) is 32.0. The average Bonchev–Trinajstić information content (AvgIpc) is 4.10. The van der Waals surface area contributed by atoms with Gasteiger partial charge in [-0.2, -0.15) is 0 Å². The molecule has 23 heteroatoms. The van der Waals surface area contributed by atoms with Gasteiger partial charge in [-0.3, -0.25) is 9.59 Å². The van der Waals surface area contributed by atoms with E-state index in [-0.39, 0.29) is 63.6 Å². The molecule has 0 saturated carbocycles. The summed E-state index contributed by atoms with van der Waals surface area (Å²) in [7, 11) is 0. The van der Waals surface area contributed by atoms with Crippen LogP contribution in [0.25, 0.3) is 43.7 Å². The Bertz CT molecular complexity index is 3040. The lowest BCUT2D eigenvalue weighted by molar-refractivity contribution is -0.431. The zero-order chi connectivity index (χ0) is 48.3. The quantitative estimate of drug-likeness (QED) is 0.0198. The van der Waals surface area contributed by atoms with Crippen molar-refractivity contribution in [3.8, 4) is 0 Å². The van der Waals surface area contributed by atoms with Gasteiger partial charge in [0.2, 0.25) is 0 Å². The van der Waals surface area contributed by atoms with E-state index in [0.29, 0.717) is 67.0 Å². The summed E-state index contributed by atoms with van der Waals surface area (Å²) in [5.74, 6) is -0.973. The monoisotopic (exact) mass is 940 g/mol. The maximum Gasteiger partial charge on any atom is 0.342 e. The Balaban J connectivity index is 1.35. The number of hydrogen-bond donors (Lipinski definition) is 4. The van der Waals surface area contributed by atoms with Crippen LogP contribution in [-0.4, -0.2) is 84.4 Å². The van der Waals surface area contributed by atoms with Crippen molar-refractivity contribution in [3.63, 3.8) is 0 Å². The number of carboxylic acid groups (broad SMARTS) is 1. The number of aromatic amines is 2. The van der Waals surface area contributed by atoms with Crippen LogP contribution >= 0.6 is 12.0 Å². The van der Waals surface area contributed by atoms with Crippen molar-refractivity contribution in [2.45, 2.75) is 93.3 Å². The number of H-pyrrole nitrogens is 2. The smallest absolute Gasteiger partial charge is 0.342 e. The molecule has 2 aliphatic heterocycles. The summed E-state index contributed by atoms with van der Waals surface area (Å²) in [5.41, 5.74) is 9.99. The minimum absolute atomic E-state index is 0.0438. The molecule has 352 valence electrons. The van der Waals surface area contributed by atoms with E-state index in [9.17, 15) is 34.9 Å². The molecule has 7 rings (SSSR count). The van der Waals surface area contributed by atoms with Crippen molar-refractivity contribution < 1.29 is 48.6 Å². The molecule has 67 heavy (non-hydrogen) atoms. The van der Waals surface area contributed by atoms with Gasteiger partial charge in [-0.1, -0.05) is 5.04 Å². The number of nitrogens with zero attached hydrogens (tertiary/aromatic N) is 8. The van der Waals surface area contributed by atoms with Crippen molar-refractivity contribution in [2.24, 2.45) is 0 Å². The predicted molar refractivity (Wildman–Crippen MR) is 246 cm³/mol. The third-order valence-electron chi connectivity index (χ3n) is 12.0. The van der Waals surface area contributed by atoms with Crippen molar-refractivity contribution in [3.05, 3.63) is 114 Å². The molecule has 0 aliphatic carbocycles. The number of imidazole rings is 2. The molecule has 0 radical (unpaired) electrons. The number of ether oxygens (including phenoxy) is 2. The number of carboxylic acids is 1. The first kappa shape index (κ1) is 47.9.